The summed E-state index contributed by atoms with van der Waals surface area (Å²) in [5.74, 6) is 1.55. The van der Waals surface area contributed by atoms with E-state index in [1.54, 1.807) is 7.11 Å². The number of benzene rings is 1. The molecule has 0 aliphatic rings. The van der Waals surface area contributed by atoms with Crippen LogP contribution >= 0.6 is 11.6 Å². The van der Waals surface area contributed by atoms with Crippen molar-refractivity contribution in [3.63, 3.8) is 0 Å². The van der Waals surface area contributed by atoms with E-state index in [4.69, 9.17) is 16.3 Å². The van der Waals surface area contributed by atoms with Gasteiger partial charge < -0.3 is 4.74 Å². The van der Waals surface area contributed by atoms with E-state index in [0.29, 0.717) is 5.88 Å². The third-order valence-electron chi connectivity index (χ3n) is 2.48. The van der Waals surface area contributed by atoms with Crippen LogP contribution in [-0.4, -0.2) is 7.11 Å². The third-order valence-corrected chi connectivity index (χ3v) is 2.77. The van der Waals surface area contributed by atoms with Gasteiger partial charge in [0.2, 0.25) is 0 Å². The van der Waals surface area contributed by atoms with Crippen molar-refractivity contribution < 1.29 is 4.74 Å². The molecule has 0 heterocycles. The lowest BCUT2D eigenvalue weighted by Gasteiger charge is -2.13. The lowest BCUT2D eigenvalue weighted by Crippen LogP contribution is -1.97. The lowest BCUT2D eigenvalue weighted by atomic mass is 10.00. The SMILES string of the molecule is COc1c(C)cc(CCl)c(C)c1C. The van der Waals surface area contributed by atoms with Gasteiger partial charge in [-0.15, -0.1) is 11.6 Å². The maximum absolute atomic E-state index is 5.83. The van der Waals surface area contributed by atoms with Gasteiger partial charge in [-0.25, -0.2) is 0 Å². The van der Waals surface area contributed by atoms with Crippen LogP contribution in [0.1, 0.15) is 22.3 Å². The number of alkyl halides is 1. The van der Waals surface area contributed by atoms with Gasteiger partial charge in [0, 0.05) is 5.88 Å². The van der Waals surface area contributed by atoms with Crippen LogP contribution in [0.4, 0.5) is 0 Å². The first kappa shape index (κ1) is 10.4. The van der Waals surface area contributed by atoms with Crippen LogP contribution in [0.2, 0.25) is 0 Å². The molecule has 0 saturated heterocycles. The van der Waals surface area contributed by atoms with Crippen molar-refractivity contribution in [3.05, 3.63) is 28.3 Å². The smallest absolute Gasteiger partial charge is 0.124 e. The summed E-state index contributed by atoms with van der Waals surface area (Å²) >= 11 is 5.83. The van der Waals surface area contributed by atoms with Crippen molar-refractivity contribution in [2.45, 2.75) is 26.7 Å². The summed E-state index contributed by atoms with van der Waals surface area (Å²) in [6.07, 6.45) is 0. The molecule has 0 spiro atoms. The molecule has 2 heteroatoms. The van der Waals surface area contributed by atoms with Crippen LogP contribution < -0.4 is 4.74 Å². The predicted octanol–water partition coefficient (Wildman–Crippen LogP) is 3.36. The van der Waals surface area contributed by atoms with E-state index < -0.39 is 0 Å². The Morgan fingerprint density at radius 1 is 1.23 bits per heavy atom. The number of halogens is 1. The predicted molar refractivity (Wildman–Crippen MR) is 56.8 cm³/mol. The minimum atomic E-state index is 0.567. The molecular formula is C11H15ClO. The van der Waals surface area contributed by atoms with Gasteiger partial charge in [0.1, 0.15) is 5.75 Å². The van der Waals surface area contributed by atoms with E-state index in [1.165, 1.54) is 16.7 Å². The lowest BCUT2D eigenvalue weighted by molar-refractivity contribution is 0.408. The zero-order chi connectivity index (χ0) is 10.0. The first-order valence-electron chi connectivity index (χ1n) is 4.31. The molecule has 72 valence electrons. The molecule has 0 radical (unpaired) electrons. The van der Waals surface area contributed by atoms with Crippen molar-refractivity contribution in [2.75, 3.05) is 7.11 Å². The average molecular weight is 199 g/mol. The molecule has 0 bridgehead atoms. The van der Waals surface area contributed by atoms with Gasteiger partial charge in [0.25, 0.3) is 0 Å². The quantitative estimate of drug-likeness (QED) is 0.663. The molecule has 0 aromatic heterocycles. The van der Waals surface area contributed by atoms with Gasteiger partial charge in [0.15, 0.2) is 0 Å². The summed E-state index contributed by atoms with van der Waals surface area (Å²) in [6.45, 7) is 6.19. The Hall–Kier alpha value is -0.690. The average Bonchev–Trinajstić information content (AvgIpc) is 2.12. The van der Waals surface area contributed by atoms with Gasteiger partial charge >= 0.3 is 0 Å². The summed E-state index contributed by atoms with van der Waals surface area (Å²) < 4.78 is 5.31. The van der Waals surface area contributed by atoms with Gasteiger partial charge in [0.05, 0.1) is 7.11 Å². The van der Waals surface area contributed by atoms with Crippen molar-refractivity contribution in [3.8, 4) is 5.75 Å². The molecule has 1 rings (SSSR count). The first-order chi connectivity index (χ1) is 6.11. The second kappa shape index (κ2) is 4.01. The molecule has 0 N–H and O–H groups in total. The largest absolute Gasteiger partial charge is 0.496 e. The first-order valence-corrected chi connectivity index (χ1v) is 4.85. The molecule has 0 aliphatic carbocycles. The fraction of sp³-hybridized carbons (Fsp3) is 0.455. The van der Waals surface area contributed by atoms with Gasteiger partial charge in [-0.1, -0.05) is 6.07 Å². The molecule has 0 amide bonds. The summed E-state index contributed by atoms with van der Waals surface area (Å²) in [5, 5.41) is 0. The maximum atomic E-state index is 5.83. The van der Waals surface area contributed by atoms with Gasteiger partial charge in [-0.05, 0) is 43.0 Å². The fourth-order valence-corrected chi connectivity index (χ4v) is 1.87. The standard InChI is InChI=1S/C11H15ClO/c1-7-5-10(6-12)8(2)9(3)11(7)13-4/h5H,6H2,1-4H3. The third kappa shape index (κ3) is 1.80. The van der Waals surface area contributed by atoms with E-state index in [9.17, 15) is 0 Å². The topological polar surface area (TPSA) is 9.23 Å². The van der Waals surface area contributed by atoms with Crippen LogP contribution in [0.25, 0.3) is 0 Å². The Labute approximate surface area is 84.7 Å². The molecule has 0 saturated carbocycles. The molecule has 0 fully saturated rings. The fourth-order valence-electron chi connectivity index (χ4n) is 1.59. The normalized spacial score (nSPS) is 10.2. The minimum absolute atomic E-state index is 0.567. The van der Waals surface area contributed by atoms with Crippen molar-refractivity contribution in [1.29, 1.82) is 0 Å². The van der Waals surface area contributed by atoms with E-state index in [0.717, 1.165) is 11.3 Å². The summed E-state index contributed by atoms with van der Waals surface area (Å²) in [7, 11) is 1.70. The monoisotopic (exact) mass is 198 g/mol. The Bertz CT molecular complexity index is 318. The molecule has 1 nitrogen and oxygen atoms in total. The van der Waals surface area contributed by atoms with Crippen LogP contribution in [0, 0.1) is 20.8 Å². The highest BCUT2D eigenvalue weighted by molar-refractivity contribution is 6.17. The van der Waals surface area contributed by atoms with Crippen LogP contribution in [-0.2, 0) is 5.88 Å². The van der Waals surface area contributed by atoms with Crippen LogP contribution in [0.15, 0.2) is 6.07 Å². The number of aryl methyl sites for hydroxylation is 1. The Morgan fingerprint density at radius 2 is 1.85 bits per heavy atom. The number of rotatable bonds is 2. The van der Waals surface area contributed by atoms with Crippen LogP contribution in [0.3, 0.4) is 0 Å². The van der Waals surface area contributed by atoms with Crippen molar-refractivity contribution in [1.82, 2.24) is 0 Å². The summed E-state index contributed by atoms with van der Waals surface area (Å²) in [4.78, 5) is 0. The zero-order valence-corrected chi connectivity index (χ0v) is 9.33. The molecular weight excluding hydrogens is 184 g/mol. The highest BCUT2D eigenvalue weighted by atomic mass is 35.5. The Balaban J connectivity index is 3.37. The van der Waals surface area contributed by atoms with Crippen molar-refractivity contribution in [2.24, 2.45) is 0 Å². The summed E-state index contributed by atoms with van der Waals surface area (Å²) in [6, 6.07) is 2.09. The van der Waals surface area contributed by atoms with E-state index in [-0.39, 0.29) is 0 Å². The second-order valence-electron chi connectivity index (χ2n) is 3.27. The van der Waals surface area contributed by atoms with Crippen molar-refractivity contribution >= 4 is 11.6 Å². The van der Waals surface area contributed by atoms with Gasteiger partial charge in [-0.2, -0.15) is 0 Å². The Kier molecular flexibility index (Phi) is 3.21. The summed E-state index contributed by atoms with van der Waals surface area (Å²) in [5.41, 5.74) is 4.77. The Morgan fingerprint density at radius 3 is 2.31 bits per heavy atom. The number of hydrogen-bond donors (Lipinski definition) is 0. The highest BCUT2D eigenvalue weighted by Crippen LogP contribution is 2.28. The molecule has 13 heavy (non-hydrogen) atoms. The molecule has 1 aromatic carbocycles. The van der Waals surface area contributed by atoms with E-state index >= 15 is 0 Å². The number of hydrogen-bond acceptors (Lipinski definition) is 1. The molecule has 0 unspecified atom stereocenters. The van der Waals surface area contributed by atoms with Crippen LogP contribution in [0.5, 0.6) is 5.75 Å². The molecule has 0 atom stereocenters. The highest BCUT2D eigenvalue weighted by Gasteiger charge is 2.09. The number of ether oxygens (including phenoxy) is 1. The molecule has 0 aliphatic heterocycles. The number of methoxy groups -OCH3 is 1. The van der Waals surface area contributed by atoms with E-state index in [1.807, 2.05) is 6.92 Å². The second-order valence-corrected chi connectivity index (χ2v) is 3.54. The maximum Gasteiger partial charge on any atom is 0.124 e. The zero-order valence-electron chi connectivity index (χ0n) is 8.57. The van der Waals surface area contributed by atoms with E-state index in [2.05, 4.69) is 19.9 Å². The van der Waals surface area contributed by atoms with Gasteiger partial charge in [-0.3, -0.25) is 0 Å². The minimum Gasteiger partial charge on any atom is -0.496 e. The molecule has 1 aromatic rings.